The number of ether oxygens (including phenoxy) is 1. The summed E-state index contributed by atoms with van der Waals surface area (Å²) in [5, 5.41) is 18.0. The zero-order chi connectivity index (χ0) is 15.8. The molecule has 0 aliphatic carbocycles. The number of β-amino-alcohol motifs (C(OH)–C–C–N with tert-alkyl or cyclic N) is 1. The third-order valence-electron chi connectivity index (χ3n) is 4.26. The molecule has 0 bridgehead atoms. The van der Waals surface area contributed by atoms with E-state index in [0.29, 0.717) is 18.6 Å². The van der Waals surface area contributed by atoms with E-state index in [1.807, 2.05) is 24.3 Å². The largest absolute Gasteiger partial charge is 0.497 e. The first-order valence-corrected chi connectivity index (χ1v) is 7.49. The van der Waals surface area contributed by atoms with Gasteiger partial charge in [-0.05, 0) is 24.1 Å². The first-order valence-electron chi connectivity index (χ1n) is 7.49. The number of rotatable bonds is 3. The molecule has 23 heavy (non-hydrogen) atoms. The molecule has 0 radical (unpaired) electrons. The quantitative estimate of drug-likeness (QED) is 0.765. The van der Waals surface area contributed by atoms with Crippen LogP contribution in [0.2, 0.25) is 0 Å². The number of fused-ring (bicyclic) bond motifs is 1. The van der Waals surface area contributed by atoms with Gasteiger partial charge in [0.05, 0.1) is 30.8 Å². The molecule has 3 aromatic rings. The molecule has 7 nitrogen and oxygen atoms in total. The number of hydrogen-bond donors (Lipinski definition) is 2. The average molecular weight is 311 g/mol. The Morgan fingerprint density at radius 2 is 2.26 bits per heavy atom. The van der Waals surface area contributed by atoms with Gasteiger partial charge in [0.15, 0.2) is 5.65 Å². The van der Waals surface area contributed by atoms with Crippen molar-refractivity contribution in [2.24, 2.45) is 0 Å². The lowest BCUT2D eigenvalue weighted by Crippen LogP contribution is -2.25. The number of aliphatic hydroxyl groups excluding tert-OH is 1. The van der Waals surface area contributed by atoms with Crippen LogP contribution in [-0.4, -0.2) is 45.0 Å². The van der Waals surface area contributed by atoms with Crippen molar-refractivity contribution in [3.8, 4) is 5.75 Å². The standard InChI is InChI=1S/C16H17N5O2/c1-23-12-4-2-3-10(5-12)14-6-11(22)8-21(14)16-13-7-19-20-15(13)17-9-18-16/h2-5,7,9,11,14,22H,6,8H2,1H3,(H,17,18,19,20). The Morgan fingerprint density at radius 3 is 3.13 bits per heavy atom. The van der Waals surface area contributed by atoms with Crippen molar-refractivity contribution in [1.82, 2.24) is 20.2 Å². The van der Waals surface area contributed by atoms with E-state index in [1.165, 1.54) is 6.33 Å². The van der Waals surface area contributed by atoms with Crippen molar-refractivity contribution in [1.29, 1.82) is 0 Å². The zero-order valence-corrected chi connectivity index (χ0v) is 12.7. The highest BCUT2D eigenvalue weighted by atomic mass is 16.5. The van der Waals surface area contributed by atoms with Crippen molar-refractivity contribution in [3.05, 3.63) is 42.4 Å². The van der Waals surface area contributed by atoms with Gasteiger partial charge in [-0.25, -0.2) is 9.97 Å². The Bertz CT molecular complexity index is 834. The van der Waals surface area contributed by atoms with E-state index < -0.39 is 6.10 Å². The number of aromatic nitrogens is 4. The number of nitrogens with zero attached hydrogens (tertiary/aromatic N) is 4. The highest BCUT2D eigenvalue weighted by Crippen LogP contribution is 2.38. The first-order chi connectivity index (χ1) is 11.3. The Balaban J connectivity index is 1.78. The van der Waals surface area contributed by atoms with E-state index >= 15 is 0 Å². The average Bonchev–Trinajstić information content (AvgIpc) is 3.21. The van der Waals surface area contributed by atoms with Gasteiger partial charge in [-0.15, -0.1) is 0 Å². The van der Waals surface area contributed by atoms with E-state index in [1.54, 1.807) is 13.3 Å². The van der Waals surface area contributed by atoms with Crippen LogP contribution in [0.15, 0.2) is 36.8 Å². The molecule has 0 amide bonds. The summed E-state index contributed by atoms with van der Waals surface area (Å²) in [6.07, 6.45) is 3.49. The van der Waals surface area contributed by atoms with Crippen LogP contribution in [0.1, 0.15) is 18.0 Å². The lowest BCUT2D eigenvalue weighted by atomic mass is 10.0. The normalized spacial score (nSPS) is 21.0. The highest BCUT2D eigenvalue weighted by Gasteiger charge is 2.34. The minimum absolute atomic E-state index is 0.0353. The summed E-state index contributed by atoms with van der Waals surface area (Å²) in [4.78, 5) is 10.7. The molecule has 1 fully saturated rings. The van der Waals surface area contributed by atoms with Crippen LogP contribution in [0.3, 0.4) is 0 Å². The van der Waals surface area contributed by atoms with Crippen molar-refractivity contribution < 1.29 is 9.84 Å². The van der Waals surface area contributed by atoms with Crippen LogP contribution >= 0.6 is 0 Å². The third-order valence-corrected chi connectivity index (χ3v) is 4.26. The Morgan fingerprint density at radius 1 is 1.35 bits per heavy atom. The second-order valence-electron chi connectivity index (χ2n) is 5.66. The Kier molecular flexibility index (Phi) is 3.34. The summed E-state index contributed by atoms with van der Waals surface area (Å²) in [5.41, 5.74) is 1.79. The minimum atomic E-state index is -0.400. The molecular formula is C16H17N5O2. The Labute approximate surface area is 132 Å². The summed E-state index contributed by atoms with van der Waals surface area (Å²) in [6.45, 7) is 0.527. The second kappa shape index (κ2) is 5.51. The molecule has 2 atom stereocenters. The molecule has 1 aromatic carbocycles. The van der Waals surface area contributed by atoms with E-state index in [4.69, 9.17) is 4.74 Å². The molecule has 3 heterocycles. The third kappa shape index (κ3) is 2.39. The second-order valence-corrected chi connectivity index (χ2v) is 5.66. The molecule has 1 aliphatic heterocycles. The van der Waals surface area contributed by atoms with Gasteiger partial charge in [0.25, 0.3) is 0 Å². The monoisotopic (exact) mass is 311 g/mol. The predicted octanol–water partition coefficient (Wildman–Crippen LogP) is 1.67. The van der Waals surface area contributed by atoms with Crippen LogP contribution in [0.5, 0.6) is 5.75 Å². The van der Waals surface area contributed by atoms with Gasteiger partial charge in [-0.1, -0.05) is 12.1 Å². The molecule has 2 unspecified atom stereocenters. The van der Waals surface area contributed by atoms with E-state index in [9.17, 15) is 5.11 Å². The van der Waals surface area contributed by atoms with Gasteiger partial charge in [0, 0.05) is 6.54 Å². The molecular weight excluding hydrogens is 294 g/mol. The first kappa shape index (κ1) is 14.0. The number of aromatic amines is 1. The van der Waals surface area contributed by atoms with E-state index in [-0.39, 0.29) is 6.04 Å². The maximum absolute atomic E-state index is 10.2. The van der Waals surface area contributed by atoms with Gasteiger partial charge >= 0.3 is 0 Å². The van der Waals surface area contributed by atoms with Crippen LogP contribution in [-0.2, 0) is 0 Å². The highest BCUT2D eigenvalue weighted by molar-refractivity contribution is 5.86. The molecule has 1 saturated heterocycles. The van der Waals surface area contributed by atoms with Crippen LogP contribution in [0.25, 0.3) is 11.0 Å². The molecule has 0 spiro atoms. The number of hydrogen-bond acceptors (Lipinski definition) is 6. The fourth-order valence-corrected chi connectivity index (χ4v) is 3.19. The van der Waals surface area contributed by atoms with Crippen molar-refractivity contribution >= 4 is 16.9 Å². The SMILES string of the molecule is COc1cccc(C2CC(O)CN2c2ncnc3[nH]ncc23)c1. The number of anilines is 1. The summed E-state index contributed by atoms with van der Waals surface area (Å²) >= 11 is 0. The van der Waals surface area contributed by atoms with Crippen LogP contribution < -0.4 is 9.64 Å². The van der Waals surface area contributed by atoms with Gasteiger partial charge < -0.3 is 14.7 Å². The maximum atomic E-state index is 10.2. The minimum Gasteiger partial charge on any atom is -0.497 e. The summed E-state index contributed by atoms with van der Waals surface area (Å²) in [5.74, 6) is 1.59. The van der Waals surface area contributed by atoms with Crippen molar-refractivity contribution in [2.75, 3.05) is 18.6 Å². The zero-order valence-electron chi connectivity index (χ0n) is 12.7. The number of methoxy groups -OCH3 is 1. The maximum Gasteiger partial charge on any atom is 0.160 e. The molecule has 0 saturated carbocycles. The number of H-pyrrole nitrogens is 1. The van der Waals surface area contributed by atoms with Crippen molar-refractivity contribution in [2.45, 2.75) is 18.6 Å². The molecule has 4 rings (SSSR count). The molecule has 7 heteroatoms. The van der Waals surface area contributed by atoms with Gasteiger partial charge in [-0.2, -0.15) is 5.10 Å². The molecule has 2 N–H and O–H groups in total. The van der Waals surface area contributed by atoms with Crippen LogP contribution in [0, 0.1) is 0 Å². The summed E-state index contributed by atoms with van der Waals surface area (Å²) < 4.78 is 5.32. The lowest BCUT2D eigenvalue weighted by Gasteiger charge is -2.26. The van der Waals surface area contributed by atoms with Crippen LogP contribution in [0.4, 0.5) is 5.82 Å². The van der Waals surface area contributed by atoms with Gasteiger partial charge in [0.2, 0.25) is 0 Å². The van der Waals surface area contributed by atoms with E-state index in [0.717, 1.165) is 22.5 Å². The lowest BCUT2D eigenvalue weighted by molar-refractivity contribution is 0.194. The number of nitrogens with one attached hydrogen (secondary N) is 1. The molecule has 118 valence electrons. The number of benzene rings is 1. The molecule has 2 aromatic heterocycles. The topological polar surface area (TPSA) is 87.2 Å². The molecule has 1 aliphatic rings. The Hall–Kier alpha value is -2.67. The van der Waals surface area contributed by atoms with Crippen molar-refractivity contribution in [3.63, 3.8) is 0 Å². The summed E-state index contributed by atoms with van der Waals surface area (Å²) in [6, 6.07) is 7.96. The van der Waals surface area contributed by atoms with Gasteiger partial charge in [-0.3, -0.25) is 5.10 Å². The van der Waals surface area contributed by atoms with E-state index in [2.05, 4.69) is 25.1 Å². The predicted molar refractivity (Wildman–Crippen MR) is 85.4 cm³/mol. The van der Waals surface area contributed by atoms with Gasteiger partial charge in [0.1, 0.15) is 17.9 Å². The fraction of sp³-hybridized carbons (Fsp3) is 0.312. The number of aliphatic hydroxyl groups is 1. The summed E-state index contributed by atoms with van der Waals surface area (Å²) in [7, 11) is 1.65. The smallest absolute Gasteiger partial charge is 0.160 e. The fourth-order valence-electron chi connectivity index (χ4n) is 3.19.